The molecule has 228 valence electrons. The number of hydrogen-bond acceptors (Lipinski definition) is 7. The molecule has 3 heterocycles. The Labute approximate surface area is 255 Å². The Kier molecular flexibility index (Phi) is 8.30. The van der Waals surface area contributed by atoms with Gasteiger partial charge in [0.1, 0.15) is 23.6 Å². The van der Waals surface area contributed by atoms with E-state index in [1.165, 1.54) is 12.4 Å². The van der Waals surface area contributed by atoms with E-state index in [0.29, 0.717) is 55.6 Å². The first-order valence-electron chi connectivity index (χ1n) is 14.7. The number of anilines is 1. The third-order valence-electron chi connectivity index (χ3n) is 8.74. The van der Waals surface area contributed by atoms with Gasteiger partial charge in [0.15, 0.2) is 0 Å². The van der Waals surface area contributed by atoms with Crippen molar-refractivity contribution in [1.82, 2.24) is 19.8 Å². The summed E-state index contributed by atoms with van der Waals surface area (Å²) in [6.07, 6.45) is 2.23. The molecule has 1 unspecified atom stereocenters. The van der Waals surface area contributed by atoms with Gasteiger partial charge >= 0.3 is 6.09 Å². The first kappa shape index (κ1) is 30.7. The van der Waals surface area contributed by atoms with Gasteiger partial charge in [-0.05, 0) is 71.9 Å². The quantitative estimate of drug-likeness (QED) is 0.467. The molecule has 2 fully saturated rings. The number of piperazine rings is 1. The molecule has 2 saturated heterocycles. The zero-order valence-corrected chi connectivity index (χ0v) is 26.8. The Morgan fingerprint density at radius 2 is 1.86 bits per heavy atom. The van der Waals surface area contributed by atoms with Crippen molar-refractivity contribution in [2.45, 2.75) is 95.9 Å². The Morgan fingerprint density at radius 3 is 2.50 bits per heavy atom. The Morgan fingerprint density at radius 1 is 1.17 bits per heavy atom. The molecule has 11 heteroatoms. The molecule has 5 rings (SSSR count). The van der Waals surface area contributed by atoms with Crippen LogP contribution in [-0.2, 0) is 9.53 Å². The summed E-state index contributed by atoms with van der Waals surface area (Å²) in [6, 6.07) is 4.19. The van der Waals surface area contributed by atoms with Gasteiger partial charge in [0.25, 0.3) is 0 Å². The summed E-state index contributed by atoms with van der Waals surface area (Å²) in [7, 11) is 0. The molecule has 1 aromatic carbocycles. The Bertz CT molecular complexity index is 1360. The maximum atomic E-state index is 15.6. The van der Waals surface area contributed by atoms with Crippen molar-refractivity contribution in [2.75, 3.05) is 31.1 Å². The molecule has 2 aliphatic heterocycles. The smallest absolute Gasteiger partial charge is 0.411 e. The number of benzene rings is 1. The van der Waals surface area contributed by atoms with Gasteiger partial charge in [0.05, 0.1) is 23.8 Å². The zero-order valence-electron chi connectivity index (χ0n) is 25.2. The minimum absolute atomic E-state index is 0.139. The molecule has 2 amide bonds. The third kappa shape index (κ3) is 5.86. The first-order valence-corrected chi connectivity index (χ1v) is 15.5. The molecule has 42 heavy (non-hydrogen) atoms. The molecular weight excluding hydrogens is 605 g/mol. The second-order valence-electron chi connectivity index (χ2n) is 13.4. The van der Waals surface area contributed by atoms with Crippen molar-refractivity contribution in [2.24, 2.45) is 0 Å². The van der Waals surface area contributed by atoms with Gasteiger partial charge < -0.3 is 19.6 Å². The van der Waals surface area contributed by atoms with Gasteiger partial charge in [-0.25, -0.2) is 19.2 Å². The largest absolute Gasteiger partial charge is 0.444 e. The molecule has 2 aromatic rings. The molecular formula is C31H41BrFN5O4. The Balaban J connectivity index is 1.43. The lowest BCUT2D eigenvalue weighted by Gasteiger charge is -2.42. The van der Waals surface area contributed by atoms with Crippen LogP contribution in [-0.4, -0.2) is 80.2 Å². The van der Waals surface area contributed by atoms with Crippen LogP contribution in [0.3, 0.4) is 0 Å². The predicted molar refractivity (Wildman–Crippen MR) is 161 cm³/mol. The third-order valence-corrected chi connectivity index (χ3v) is 9.24. The van der Waals surface area contributed by atoms with Crippen LogP contribution in [0.2, 0.25) is 0 Å². The lowest BCUT2D eigenvalue weighted by Crippen LogP contribution is -2.55. The fraction of sp³-hybridized carbons (Fsp3) is 0.613. The van der Waals surface area contributed by atoms with E-state index in [2.05, 4.69) is 37.7 Å². The number of aliphatic hydroxyl groups excluding tert-OH is 1. The maximum Gasteiger partial charge on any atom is 0.411 e. The number of aromatic nitrogens is 2. The van der Waals surface area contributed by atoms with E-state index in [1.54, 1.807) is 21.9 Å². The van der Waals surface area contributed by atoms with Crippen molar-refractivity contribution in [3.05, 3.63) is 51.6 Å². The molecule has 1 aromatic heterocycles. The standard InChI is InChI=1S/C31H41BrFN5O4/c1-18-15-23(39)26-24(18)27(35-17-34-26)36-11-13-37(14-12-36)28(40)25(20-8-7-19(32)16-21(20)33)22-9-10-31(5,6)38(22)29(41)42-30(2,3)4/h7-8,16-18,22-23,25,39H,9-15H2,1-6H3/t18-,22?,23-,25+/m1/s1. The Hall–Kier alpha value is -2.79. The van der Waals surface area contributed by atoms with Gasteiger partial charge in [-0.1, -0.05) is 28.9 Å². The van der Waals surface area contributed by atoms with E-state index in [-0.39, 0.29) is 17.4 Å². The highest BCUT2D eigenvalue weighted by atomic mass is 79.9. The van der Waals surface area contributed by atoms with Gasteiger partial charge in [-0.15, -0.1) is 0 Å². The maximum absolute atomic E-state index is 15.6. The fourth-order valence-corrected chi connectivity index (χ4v) is 7.09. The summed E-state index contributed by atoms with van der Waals surface area (Å²) in [5.41, 5.74) is 0.653. The zero-order chi connectivity index (χ0) is 30.6. The van der Waals surface area contributed by atoms with E-state index in [9.17, 15) is 14.7 Å². The monoisotopic (exact) mass is 645 g/mol. The number of carbonyl (C=O) groups is 2. The molecule has 4 atom stereocenters. The number of amides is 2. The predicted octanol–water partition coefficient (Wildman–Crippen LogP) is 5.53. The second kappa shape index (κ2) is 11.4. The van der Waals surface area contributed by atoms with Crippen molar-refractivity contribution >= 4 is 33.7 Å². The van der Waals surface area contributed by atoms with Gasteiger partial charge in [0.2, 0.25) is 5.91 Å². The van der Waals surface area contributed by atoms with Crippen LogP contribution in [0.5, 0.6) is 0 Å². The fourth-order valence-electron chi connectivity index (χ4n) is 6.76. The number of fused-ring (bicyclic) bond motifs is 1. The number of halogens is 2. The molecule has 1 aliphatic carbocycles. The van der Waals surface area contributed by atoms with Crippen molar-refractivity contribution in [1.29, 1.82) is 0 Å². The van der Waals surface area contributed by atoms with E-state index in [0.717, 1.165) is 11.4 Å². The lowest BCUT2D eigenvalue weighted by atomic mass is 9.87. The van der Waals surface area contributed by atoms with E-state index >= 15 is 4.39 Å². The summed E-state index contributed by atoms with van der Waals surface area (Å²) < 4.78 is 21.9. The summed E-state index contributed by atoms with van der Waals surface area (Å²) >= 11 is 3.34. The van der Waals surface area contributed by atoms with Crippen LogP contribution < -0.4 is 4.90 Å². The SMILES string of the molecule is C[C@@H]1C[C@@H](O)c2ncnc(N3CCN(C(=O)[C@@H](c4ccc(Br)cc4F)C4CCC(C)(C)N4C(=O)OC(C)(C)C)CC3)c21. The number of nitrogens with zero attached hydrogens (tertiary/aromatic N) is 5. The van der Waals surface area contributed by atoms with Crippen molar-refractivity contribution < 1.29 is 23.8 Å². The topological polar surface area (TPSA) is 99.1 Å². The number of aliphatic hydroxyl groups is 1. The normalized spacial score (nSPS) is 24.5. The summed E-state index contributed by atoms with van der Waals surface area (Å²) in [4.78, 5) is 42.4. The summed E-state index contributed by atoms with van der Waals surface area (Å²) in [6.45, 7) is 13.4. The van der Waals surface area contributed by atoms with E-state index in [1.807, 2.05) is 34.6 Å². The van der Waals surface area contributed by atoms with Gasteiger partial charge in [0, 0.05) is 47.3 Å². The molecule has 3 aliphatic rings. The van der Waals surface area contributed by atoms with Crippen molar-refractivity contribution in [3.63, 3.8) is 0 Å². The van der Waals surface area contributed by atoms with Crippen LogP contribution in [0.1, 0.15) is 95.6 Å². The minimum Gasteiger partial charge on any atom is -0.444 e. The summed E-state index contributed by atoms with van der Waals surface area (Å²) in [5, 5.41) is 10.4. The van der Waals surface area contributed by atoms with Crippen LogP contribution >= 0.6 is 15.9 Å². The molecule has 0 bridgehead atoms. The summed E-state index contributed by atoms with van der Waals surface area (Å²) in [5.74, 6) is -0.638. The first-order chi connectivity index (χ1) is 19.7. The number of ether oxygens (including phenoxy) is 1. The number of carbonyl (C=O) groups excluding carboxylic acids is 2. The highest BCUT2D eigenvalue weighted by Crippen LogP contribution is 2.44. The van der Waals surface area contributed by atoms with Crippen LogP contribution in [0.4, 0.5) is 15.0 Å². The lowest BCUT2D eigenvalue weighted by molar-refractivity contribution is -0.134. The average molecular weight is 647 g/mol. The van der Waals surface area contributed by atoms with Crippen LogP contribution in [0.15, 0.2) is 29.0 Å². The molecule has 0 spiro atoms. The van der Waals surface area contributed by atoms with Gasteiger partial charge in [-0.3, -0.25) is 9.69 Å². The van der Waals surface area contributed by atoms with Gasteiger partial charge in [-0.2, -0.15) is 0 Å². The van der Waals surface area contributed by atoms with Crippen LogP contribution in [0.25, 0.3) is 0 Å². The molecule has 0 radical (unpaired) electrons. The number of rotatable bonds is 4. The molecule has 0 saturated carbocycles. The average Bonchev–Trinajstić information content (AvgIpc) is 3.38. The second-order valence-corrected chi connectivity index (χ2v) is 14.3. The highest BCUT2D eigenvalue weighted by Gasteiger charge is 2.51. The highest BCUT2D eigenvalue weighted by molar-refractivity contribution is 9.10. The van der Waals surface area contributed by atoms with E-state index in [4.69, 9.17) is 4.74 Å². The van der Waals surface area contributed by atoms with Crippen molar-refractivity contribution in [3.8, 4) is 0 Å². The van der Waals surface area contributed by atoms with E-state index < -0.39 is 41.1 Å². The van der Waals surface area contributed by atoms with Crippen LogP contribution in [0, 0.1) is 5.82 Å². The number of likely N-dealkylation sites (tertiary alicyclic amines) is 1. The number of hydrogen-bond donors (Lipinski definition) is 1. The molecule has 1 N–H and O–H groups in total. The molecule has 9 nitrogen and oxygen atoms in total. The minimum atomic E-state index is -0.891.